The highest BCUT2D eigenvalue weighted by atomic mass is 16.5. The van der Waals surface area contributed by atoms with Gasteiger partial charge < -0.3 is 14.5 Å². The summed E-state index contributed by atoms with van der Waals surface area (Å²) in [7, 11) is 1.72. The van der Waals surface area contributed by atoms with Gasteiger partial charge in [0.2, 0.25) is 5.91 Å². The lowest BCUT2D eigenvalue weighted by atomic mass is 9.86. The molecule has 1 saturated carbocycles. The molecule has 0 unspecified atom stereocenters. The number of nitrogens with zero attached hydrogens (tertiary/aromatic N) is 1. The van der Waals surface area contributed by atoms with Crippen LogP contribution in [-0.2, 0) is 16.1 Å². The average Bonchev–Trinajstić information content (AvgIpc) is 2.90. The molecule has 1 aliphatic rings. The van der Waals surface area contributed by atoms with Gasteiger partial charge in [-0.25, -0.2) is 4.79 Å². The van der Waals surface area contributed by atoms with Crippen LogP contribution in [0, 0.1) is 5.92 Å². The minimum atomic E-state index is -0.391. The van der Waals surface area contributed by atoms with Crippen molar-refractivity contribution in [2.24, 2.45) is 5.92 Å². The molecule has 1 aromatic heterocycles. The largest absolute Gasteiger partial charge is 0.420 e. The molecule has 0 bridgehead atoms. The lowest BCUT2D eigenvalue weighted by Crippen LogP contribution is -2.42. The second kappa shape index (κ2) is 7.21. The Morgan fingerprint density at radius 1 is 1.33 bits per heavy atom. The van der Waals surface area contributed by atoms with Crippen molar-refractivity contribution in [1.29, 1.82) is 0 Å². The number of benzene rings is 1. The Hall–Kier alpha value is -2.08. The lowest BCUT2D eigenvalue weighted by molar-refractivity contribution is -0.127. The number of para-hydroxylation sites is 2. The average molecular weight is 332 g/mol. The molecule has 1 N–H and O–H groups in total. The molecule has 130 valence electrons. The summed E-state index contributed by atoms with van der Waals surface area (Å²) in [4.78, 5) is 24.4. The highest BCUT2D eigenvalue weighted by molar-refractivity contribution is 5.79. The molecule has 0 aliphatic heterocycles. The number of amides is 1. The van der Waals surface area contributed by atoms with E-state index in [9.17, 15) is 9.59 Å². The van der Waals surface area contributed by atoms with Crippen molar-refractivity contribution in [3.8, 4) is 0 Å². The maximum Gasteiger partial charge on any atom is 0.420 e. The van der Waals surface area contributed by atoms with Gasteiger partial charge in [0.15, 0.2) is 5.58 Å². The number of hydrogen-bond acceptors (Lipinski definition) is 4. The molecule has 0 spiro atoms. The molecule has 6 heteroatoms. The lowest BCUT2D eigenvalue weighted by Gasteiger charge is -2.27. The van der Waals surface area contributed by atoms with Crippen LogP contribution in [0.2, 0.25) is 0 Å². The SMILES string of the molecule is COC1CCC(C(=O)N[C@H](C)Cn2c(=O)oc3ccccc32)CC1. The quantitative estimate of drug-likeness (QED) is 0.912. The smallest absolute Gasteiger partial charge is 0.408 e. The van der Waals surface area contributed by atoms with E-state index in [1.807, 2.05) is 25.1 Å². The van der Waals surface area contributed by atoms with Crippen LogP contribution in [-0.4, -0.2) is 29.7 Å². The van der Waals surface area contributed by atoms with Crippen molar-refractivity contribution in [2.45, 2.75) is 51.3 Å². The van der Waals surface area contributed by atoms with E-state index in [0.717, 1.165) is 31.2 Å². The van der Waals surface area contributed by atoms with Crippen LogP contribution in [0.1, 0.15) is 32.6 Å². The van der Waals surface area contributed by atoms with Crippen LogP contribution in [0.25, 0.3) is 11.1 Å². The molecule has 2 aromatic rings. The Kier molecular flexibility index (Phi) is 5.04. The van der Waals surface area contributed by atoms with Gasteiger partial charge in [-0.15, -0.1) is 0 Å². The zero-order chi connectivity index (χ0) is 17.1. The normalized spacial score (nSPS) is 22.4. The predicted octanol–water partition coefficient (Wildman–Crippen LogP) is 2.30. The number of oxazole rings is 1. The van der Waals surface area contributed by atoms with E-state index in [1.165, 1.54) is 0 Å². The number of ether oxygens (including phenoxy) is 1. The summed E-state index contributed by atoms with van der Waals surface area (Å²) in [6.45, 7) is 2.31. The molecular weight excluding hydrogens is 308 g/mol. The van der Waals surface area contributed by atoms with Gasteiger partial charge in [-0.3, -0.25) is 9.36 Å². The van der Waals surface area contributed by atoms with E-state index in [4.69, 9.17) is 9.15 Å². The Labute approximate surface area is 140 Å². The van der Waals surface area contributed by atoms with Gasteiger partial charge >= 0.3 is 5.76 Å². The van der Waals surface area contributed by atoms with E-state index in [-0.39, 0.29) is 24.0 Å². The number of nitrogens with one attached hydrogen (secondary N) is 1. The van der Waals surface area contributed by atoms with Crippen molar-refractivity contribution in [1.82, 2.24) is 9.88 Å². The fraction of sp³-hybridized carbons (Fsp3) is 0.556. The summed E-state index contributed by atoms with van der Waals surface area (Å²) in [5.41, 5.74) is 1.32. The van der Waals surface area contributed by atoms with Gasteiger partial charge in [-0.1, -0.05) is 12.1 Å². The zero-order valence-electron chi connectivity index (χ0n) is 14.2. The third-order valence-corrected chi connectivity index (χ3v) is 4.80. The zero-order valence-corrected chi connectivity index (χ0v) is 14.2. The second-order valence-corrected chi connectivity index (χ2v) is 6.57. The first-order valence-electron chi connectivity index (χ1n) is 8.50. The summed E-state index contributed by atoms with van der Waals surface area (Å²) in [6.07, 6.45) is 3.84. The summed E-state index contributed by atoms with van der Waals surface area (Å²) in [6, 6.07) is 7.17. The number of aromatic nitrogens is 1. The fourth-order valence-electron chi connectivity index (χ4n) is 3.43. The highest BCUT2D eigenvalue weighted by Crippen LogP contribution is 2.26. The number of carbonyl (C=O) groups excluding carboxylic acids is 1. The second-order valence-electron chi connectivity index (χ2n) is 6.57. The molecule has 0 radical (unpaired) electrons. The molecule has 1 heterocycles. The van der Waals surface area contributed by atoms with Crippen LogP contribution in [0.3, 0.4) is 0 Å². The number of carbonyl (C=O) groups is 1. The van der Waals surface area contributed by atoms with Gasteiger partial charge in [-0.2, -0.15) is 0 Å². The van der Waals surface area contributed by atoms with Crippen LogP contribution < -0.4 is 11.1 Å². The minimum absolute atomic E-state index is 0.0386. The molecule has 1 amide bonds. The molecule has 1 atom stereocenters. The number of fused-ring (bicyclic) bond motifs is 1. The van der Waals surface area contributed by atoms with Gasteiger partial charge in [-0.05, 0) is 44.7 Å². The maximum absolute atomic E-state index is 12.4. The van der Waals surface area contributed by atoms with Gasteiger partial charge in [0, 0.05) is 25.6 Å². The Morgan fingerprint density at radius 3 is 2.75 bits per heavy atom. The van der Waals surface area contributed by atoms with Crippen molar-refractivity contribution in [2.75, 3.05) is 7.11 Å². The van der Waals surface area contributed by atoms with Crippen LogP contribution in [0.5, 0.6) is 0 Å². The predicted molar refractivity (Wildman–Crippen MR) is 90.8 cm³/mol. The molecule has 24 heavy (non-hydrogen) atoms. The summed E-state index contributed by atoms with van der Waals surface area (Å²) in [5, 5.41) is 3.03. The van der Waals surface area contributed by atoms with Crippen LogP contribution >= 0.6 is 0 Å². The van der Waals surface area contributed by atoms with Crippen molar-refractivity contribution in [3.63, 3.8) is 0 Å². The highest BCUT2D eigenvalue weighted by Gasteiger charge is 2.27. The van der Waals surface area contributed by atoms with E-state index < -0.39 is 5.76 Å². The van der Waals surface area contributed by atoms with Crippen LogP contribution in [0.4, 0.5) is 0 Å². The number of hydrogen-bond donors (Lipinski definition) is 1. The van der Waals surface area contributed by atoms with E-state index in [2.05, 4.69) is 5.32 Å². The molecule has 1 aliphatic carbocycles. The summed E-state index contributed by atoms with van der Waals surface area (Å²) < 4.78 is 12.1. The van der Waals surface area contributed by atoms with E-state index >= 15 is 0 Å². The first kappa shape index (κ1) is 16.8. The monoisotopic (exact) mass is 332 g/mol. The summed E-state index contributed by atoms with van der Waals surface area (Å²) in [5.74, 6) is -0.285. The molecule has 1 aromatic carbocycles. The van der Waals surface area contributed by atoms with Gasteiger partial charge in [0.25, 0.3) is 0 Å². The van der Waals surface area contributed by atoms with Crippen LogP contribution in [0.15, 0.2) is 33.5 Å². The standard InChI is InChI=1S/C18H24N2O4/c1-12(19-17(21)13-7-9-14(23-2)10-8-13)11-20-15-5-3-4-6-16(15)24-18(20)22/h3-6,12-14H,7-11H2,1-2H3,(H,19,21)/t12-,13?,14?/m1/s1. The topological polar surface area (TPSA) is 73.5 Å². The first-order valence-corrected chi connectivity index (χ1v) is 8.50. The van der Waals surface area contributed by atoms with E-state index in [1.54, 1.807) is 17.7 Å². The maximum atomic E-state index is 12.4. The minimum Gasteiger partial charge on any atom is -0.408 e. The molecule has 3 rings (SSSR count). The molecule has 0 saturated heterocycles. The third-order valence-electron chi connectivity index (χ3n) is 4.80. The Balaban J connectivity index is 1.61. The third kappa shape index (κ3) is 3.53. The van der Waals surface area contributed by atoms with Crippen molar-refractivity contribution in [3.05, 3.63) is 34.8 Å². The van der Waals surface area contributed by atoms with Crippen molar-refractivity contribution >= 4 is 17.0 Å². The number of rotatable bonds is 5. The molecular formula is C18H24N2O4. The molecule has 6 nitrogen and oxygen atoms in total. The molecule has 1 fully saturated rings. The van der Waals surface area contributed by atoms with Crippen molar-refractivity contribution < 1.29 is 13.9 Å². The fourth-order valence-corrected chi connectivity index (χ4v) is 3.43. The van der Waals surface area contributed by atoms with E-state index in [0.29, 0.717) is 12.1 Å². The van der Waals surface area contributed by atoms with Gasteiger partial charge in [0.1, 0.15) is 0 Å². The Morgan fingerprint density at radius 2 is 2.04 bits per heavy atom. The Bertz CT molecular complexity index is 756. The number of methoxy groups -OCH3 is 1. The first-order chi connectivity index (χ1) is 11.6. The summed E-state index contributed by atoms with van der Waals surface area (Å²) >= 11 is 0. The van der Waals surface area contributed by atoms with Gasteiger partial charge in [0.05, 0.1) is 11.6 Å².